The number of hydrogen-bond donors (Lipinski definition) is 1. The number of aromatic nitrogens is 4. The Morgan fingerprint density at radius 2 is 1.87 bits per heavy atom. The van der Waals surface area contributed by atoms with Gasteiger partial charge in [0.15, 0.2) is 0 Å². The minimum atomic E-state index is 0.455. The second kappa shape index (κ2) is 6.08. The zero-order valence-electron chi connectivity index (χ0n) is 13.4. The number of para-hydroxylation sites is 1. The van der Waals surface area contributed by atoms with Crippen LogP contribution in [0.4, 0.5) is 5.82 Å². The average Bonchev–Trinajstić information content (AvgIpc) is 2.86. The van der Waals surface area contributed by atoms with Crippen molar-refractivity contribution < 1.29 is 4.74 Å². The van der Waals surface area contributed by atoms with Gasteiger partial charge < -0.3 is 10.5 Å². The molecule has 2 N–H and O–H groups in total. The zero-order valence-corrected chi connectivity index (χ0v) is 13.4. The van der Waals surface area contributed by atoms with Gasteiger partial charge in [-0.15, -0.1) is 0 Å². The Balaban J connectivity index is 2.13. The molecule has 0 fully saturated rings. The van der Waals surface area contributed by atoms with Gasteiger partial charge >= 0.3 is 0 Å². The van der Waals surface area contributed by atoms with Gasteiger partial charge in [-0.25, -0.2) is 9.97 Å². The maximum Gasteiger partial charge on any atom is 0.253 e. The summed E-state index contributed by atoms with van der Waals surface area (Å²) in [5, 5.41) is 4.35. The molecule has 0 unspecified atom stereocenters. The Hall–Kier alpha value is -2.89. The highest BCUT2D eigenvalue weighted by Gasteiger charge is 2.13. The second-order valence-corrected chi connectivity index (χ2v) is 5.25. The summed E-state index contributed by atoms with van der Waals surface area (Å²) < 4.78 is 7.25. The lowest BCUT2D eigenvalue weighted by Crippen LogP contribution is -2.08. The van der Waals surface area contributed by atoms with E-state index in [-0.39, 0.29) is 0 Å². The molecule has 2 heterocycles. The number of nitrogens with two attached hydrogens (primary N) is 1. The number of anilines is 1. The molecular formula is C17H19N5O. The molecule has 3 rings (SSSR count). The van der Waals surface area contributed by atoms with E-state index >= 15 is 0 Å². The largest absolute Gasteiger partial charge is 0.493 e. The first-order chi connectivity index (χ1) is 11.1. The Kier molecular flexibility index (Phi) is 3.97. The van der Waals surface area contributed by atoms with Gasteiger partial charge in [0.25, 0.3) is 5.95 Å². The first kappa shape index (κ1) is 15.0. The van der Waals surface area contributed by atoms with Gasteiger partial charge in [0.2, 0.25) is 0 Å². The Bertz CT molecular complexity index is 841. The van der Waals surface area contributed by atoms with Crippen molar-refractivity contribution in [3.63, 3.8) is 0 Å². The molecule has 3 aromatic rings. The van der Waals surface area contributed by atoms with E-state index in [9.17, 15) is 0 Å². The topological polar surface area (TPSA) is 78.8 Å². The highest BCUT2D eigenvalue weighted by atomic mass is 16.5. The Labute approximate surface area is 135 Å². The number of ether oxygens (including phenoxy) is 1. The van der Waals surface area contributed by atoms with Crippen molar-refractivity contribution in [1.82, 2.24) is 19.7 Å². The van der Waals surface area contributed by atoms with E-state index in [1.54, 1.807) is 10.7 Å². The van der Waals surface area contributed by atoms with Crippen LogP contribution in [-0.4, -0.2) is 26.4 Å². The molecule has 23 heavy (non-hydrogen) atoms. The molecule has 0 saturated heterocycles. The van der Waals surface area contributed by atoms with Gasteiger partial charge in [0.05, 0.1) is 18.0 Å². The number of nitrogen functional groups attached to an aromatic ring is 1. The van der Waals surface area contributed by atoms with Gasteiger partial charge in [-0.2, -0.15) is 9.78 Å². The van der Waals surface area contributed by atoms with Crippen LogP contribution in [0, 0.1) is 13.8 Å². The lowest BCUT2D eigenvalue weighted by molar-refractivity contribution is 0.341. The van der Waals surface area contributed by atoms with Crippen LogP contribution in [0.5, 0.6) is 5.75 Å². The molecule has 0 aliphatic carbocycles. The molecule has 2 aromatic heterocycles. The van der Waals surface area contributed by atoms with E-state index in [1.165, 1.54) is 0 Å². The number of nitrogens with zero attached hydrogens (tertiary/aromatic N) is 4. The molecule has 0 amide bonds. The summed E-state index contributed by atoms with van der Waals surface area (Å²) in [6.07, 6.45) is 0. The van der Waals surface area contributed by atoms with Crippen molar-refractivity contribution in [3.05, 3.63) is 47.8 Å². The smallest absolute Gasteiger partial charge is 0.253 e. The van der Waals surface area contributed by atoms with Gasteiger partial charge in [0.1, 0.15) is 11.6 Å². The lowest BCUT2D eigenvalue weighted by atomic mass is 10.1. The zero-order chi connectivity index (χ0) is 16.4. The van der Waals surface area contributed by atoms with Gasteiger partial charge in [-0.05, 0) is 39.0 Å². The van der Waals surface area contributed by atoms with E-state index < -0.39 is 0 Å². The van der Waals surface area contributed by atoms with Gasteiger partial charge in [0, 0.05) is 17.3 Å². The minimum absolute atomic E-state index is 0.455. The van der Waals surface area contributed by atoms with Crippen LogP contribution in [0.25, 0.3) is 17.2 Å². The second-order valence-electron chi connectivity index (χ2n) is 5.25. The van der Waals surface area contributed by atoms with E-state index in [0.29, 0.717) is 18.4 Å². The van der Waals surface area contributed by atoms with Crippen molar-refractivity contribution in [2.75, 3.05) is 12.3 Å². The monoisotopic (exact) mass is 309 g/mol. The summed E-state index contributed by atoms with van der Waals surface area (Å²) in [7, 11) is 0. The first-order valence-electron chi connectivity index (χ1n) is 7.49. The van der Waals surface area contributed by atoms with Gasteiger partial charge in [-0.3, -0.25) is 0 Å². The first-order valence-corrected chi connectivity index (χ1v) is 7.49. The molecule has 0 spiro atoms. The fourth-order valence-electron chi connectivity index (χ4n) is 2.42. The van der Waals surface area contributed by atoms with Crippen LogP contribution in [-0.2, 0) is 0 Å². The molecule has 6 heteroatoms. The number of aryl methyl sites for hydroxylation is 2. The maximum atomic E-state index is 5.99. The van der Waals surface area contributed by atoms with Crippen molar-refractivity contribution in [3.8, 4) is 23.0 Å². The number of rotatable bonds is 4. The fourth-order valence-corrected chi connectivity index (χ4v) is 2.42. The quantitative estimate of drug-likeness (QED) is 0.801. The fraction of sp³-hybridized carbons (Fsp3) is 0.235. The predicted octanol–water partition coefficient (Wildman–Crippen LogP) is 2.93. The third-order valence-corrected chi connectivity index (χ3v) is 3.35. The predicted molar refractivity (Wildman–Crippen MR) is 89.6 cm³/mol. The average molecular weight is 309 g/mol. The van der Waals surface area contributed by atoms with Crippen LogP contribution in [0.1, 0.15) is 18.3 Å². The standard InChI is InChI=1S/C17H19N5O/c1-4-23-15-8-6-5-7-13(15)14-9-11(2)19-17(20-14)22-16(18)10-12(3)21-22/h5-10H,4,18H2,1-3H3. The van der Waals surface area contributed by atoms with E-state index in [2.05, 4.69) is 15.1 Å². The van der Waals surface area contributed by atoms with Crippen LogP contribution >= 0.6 is 0 Å². The molecule has 0 aliphatic heterocycles. The summed E-state index contributed by atoms with van der Waals surface area (Å²) in [5.74, 6) is 1.76. The van der Waals surface area contributed by atoms with E-state index in [4.69, 9.17) is 10.5 Å². The summed E-state index contributed by atoms with van der Waals surface area (Å²) in [6, 6.07) is 11.5. The summed E-state index contributed by atoms with van der Waals surface area (Å²) >= 11 is 0. The normalized spacial score (nSPS) is 10.7. The molecule has 0 saturated carbocycles. The summed E-state index contributed by atoms with van der Waals surface area (Å²) in [4.78, 5) is 9.07. The Morgan fingerprint density at radius 1 is 1.09 bits per heavy atom. The third-order valence-electron chi connectivity index (χ3n) is 3.35. The highest BCUT2D eigenvalue weighted by molar-refractivity contribution is 5.67. The molecule has 0 atom stereocenters. The van der Waals surface area contributed by atoms with E-state index in [0.717, 1.165) is 28.4 Å². The molecule has 118 valence electrons. The third kappa shape index (κ3) is 3.01. The van der Waals surface area contributed by atoms with Crippen LogP contribution in [0.15, 0.2) is 36.4 Å². The maximum absolute atomic E-state index is 5.99. The minimum Gasteiger partial charge on any atom is -0.493 e. The summed E-state index contributed by atoms with van der Waals surface area (Å²) in [5.41, 5.74) is 9.35. The molecule has 0 bridgehead atoms. The van der Waals surface area contributed by atoms with Crippen LogP contribution in [0.3, 0.4) is 0 Å². The molecule has 6 nitrogen and oxygen atoms in total. The Morgan fingerprint density at radius 3 is 2.57 bits per heavy atom. The van der Waals surface area contributed by atoms with Gasteiger partial charge in [-0.1, -0.05) is 12.1 Å². The summed E-state index contributed by atoms with van der Waals surface area (Å²) in [6.45, 7) is 6.36. The molecular weight excluding hydrogens is 290 g/mol. The SMILES string of the molecule is CCOc1ccccc1-c1cc(C)nc(-n2nc(C)cc2N)n1. The van der Waals surface area contributed by atoms with Crippen molar-refractivity contribution in [2.45, 2.75) is 20.8 Å². The number of hydrogen-bond acceptors (Lipinski definition) is 5. The molecule has 1 aromatic carbocycles. The molecule has 0 aliphatic rings. The lowest BCUT2D eigenvalue weighted by Gasteiger charge is -2.11. The molecule has 0 radical (unpaired) electrons. The number of benzene rings is 1. The van der Waals surface area contributed by atoms with E-state index in [1.807, 2.05) is 51.1 Å². The highest BCUT2D eigenvalue weighted by Crippen LogP contribution is 2.29. The van der Waals surface area contributed by atoms with Crippen LogP contribution < -0.4 is 10.5 Å². The van der Waals surface area contributed by atoms with Crippen LogP contribution in [0.2, 0.25) is 0 Å². The van der Waals surface area contributed by atoms with Crippen molar-refractivity contribution >= 4 is 5.82 Å². The van der Waals surface area contributed by atoms with Crippen molar-refractivity contribution in [2.24, 2.45) is 0 Å². The van der Waals surface area contributed by atoms with Crippen molar-refractivity contribution in [1.29, 1.82) is 0 Å².